The molecule has 2 nitrogen and oxygen atoms in total. The zero-order chi connectivity index (χ0) is 11.6. The van der Waals surface area contributed by atoms with Gasteiger partial charge in [-0.05, 0) is 17.7 Å². The van der Waals surface area contributed by atoms with Crippen molar-refractivity contribution in [3.8, 4) is 5.75 Å². The quantitative estimate of drug-likeness (QED) is 0.667. The van der Waals surface area contributed by atoms with Crippen molar-refractivity contribution >= 4 is 33.2 Å². The Morgan fingerprint density at radius 1 is 1.40 bits per heavy atom. The maximum atomic E-state index is 12.0. The Labute approximate surface area is 97.3 Å². The summed E-state index contributed by atoms with van der Waals surface area (Å²) in [6.07, 6.45) is -4.78. The lowest BCUT2D eigenvalue weighted by atomic mass is 10.2. The number of anilines is 1. The van der Waals surface area contributed by atoms with Gasteiger partial charge in [0.25, 0.3) is 0 Å². The van der Waals surface area contributed by atoms with Crippen molar-refractivity contribution in [2.45, 2.75) is 11.7 Å². The Kier molecular flexibility index (Phi) is 3.72. The van der Waals surface area contributed by atoms with Gasteiger partial charge in [-0.3, -0.25) is 0 Å². The molecule has 0 atom stereocenters. The first kappa shape index (κ1) is 12.4. The monoisotopic (exact) mass is 303 g/mol. The van der Waals surface area contributed by atoms with E-state index in [-0.39, 0.29) is 10.7 Å². The predicted octanol–water partition coefficient (Wildman–Crippen LogP) is 3.72. The van der Waals surface area contributed by atoms with Crippen LogP contribution in [0.4, 0.5) is 18.9 Å². The van der Waals surface area contributed by atoms with Crippen LogP contribution in [0.2, 0.25) is 5.02 Å². The van der Waals surface area contributed by atoms with Gasteiger partial charge in [-0.25, -0.2) is 0 Å². The van der Waals surface area contributed by atoms with Gasteiger partial charge >= 0.3 is 6.36 Å². The molecular weight excluding hydrogens is 298 g/mol. The van der Waals surface area contributed by atoms with Gasteiger partial charge in [-0.2, -0.15) is 0 Å². The highest BCUT2D eigenvalue weighted by molar-refractivity contribution is 9.08. The number of ether oxygens (including phenoxy) is 1. The summed E-state index contributed by atoms with van der Waals surface area (Å²) in [7, 11) is 0. The summed E-state index contributed by atoms with van der Waals surface area (Å²) in [5, 5.41) is 0.125. The Morgan fingerprint density at radius 3 is 2.47 bits per heavy atom. The normalized spacial score (nSPS) is 11.5. The van der Waals surface area contributed by atoms with Crippen molar-refractivity contribution in [3.63, 3.8) is 0 Å². The van der Waals surface area contributed by atoms with Crippen LogP contribution in [0.3, 0.4) is 0 Å². The third-order valence-electron chi connectivity index (χ3n) is 1.51. The second-order valence-corrected chi connectivity index (χ2v) is 3.62. The highest BCUT2D eigenvalue weighted by Gasteiger charge is 2.32. The molecule has 2 N–H and O–H groups in total. The molecule has 0 aliphatic rings. The lowest BCUT2D eigenvalue weighted by Crippen LogP contribution is -2.17. The molecule has 0 fully saturated rings. The number of nitrogens with two attached hydrogens (primary N) is 1. The highest BCUT2D eigenvalue weighted by Crippen LogP contribution is 2.35. The molecular formula is C8H6BrClF3NO. The number of hydrogen-bond donors (Lipinski definition) is 1. The lowest BCUT2D eigenvalue weighted by Gasteiger charge is -2.12. The molecule has 0 saturated heterocycles. The second-order valence-electron chi connectivity index (χ2n) is 2.68. The number of hydrogen-bond acceptors (Lipinski definition) is 2. The van der Waals surface area contributed by atoms with E-state index in [0.717, 1.165) is 0 Å². The standard InChI is InChI=1S/C8H6BrClF3NO/c9-3-4-1-5(14)7(10)6(2-4)15-8(11,12)13/h1-2H,3,14H2. The minimum atomic E-state index is -4.78. The van der Waals surface area contributed by atoms with Gasteiger partial charge in [0.05, 0.1) is 5.69 Å². The molecule has 15 heavy (non-hydrogen) atoms. The van der Waals surface area contributed by atoms with E-state index in [1.807, 2.05) is 0 Å². The van der Waals surface area contributed by atoms with Gasteiger partial charge in [0.15, 0.2) is 0 Å². The Balaban J connectivity index is 3.11. The minimum Gasteiger partial charge on any atom is -0.404 e. The highest BCUT2D eigenvalue weighted by atomic mass is 79.9. The lowest BCUT2D eigenvalue weighted by molar-refractivity contribution is -0.274. The predicted molar refractivity (Wildman–Crippen MR) is 55.2 cm³/mol. The summed E-state index contributed by atoms with van der Waals surface area (Å²) in [5.74, 6) is -0.487. The van der Waals surface area contributed by atoms with Crippen molar-refractivity contribution in [2.75, 3.05) is 5.73 Å². The minimum absolute atomic E-state index is 0.0490. The van der Waals surface area contributed by atoms with E-state index in [0.29, 0.717) is 10.9 Å². The first-order chi connectivity index (χ1) is 6.83. The zero-order valence-corrected chi connectivity index (χ0v) is 9.58. The molecule has 0 amide bonds. The van der Waals surface area contributed by atoms with Crippen LogP contribution in [0.1, 0.15) is 5.56 Å². The topological polar surface area (TPSA) is 35.2 Å². The summed E-state index contributed by atoms with van der Waals surface area (Å²) in [6, 6.07) is 2.65. The third-order valence-corrected chi connectivity index (χ3v) is 2.56. The molecule has 0 bridgehead atoms. The van der Waals surface area contributed by atoms with E-state index in [1.54, 1.807) is 0 Å². The van der Waals surface area contributed by atoms with Crippen LogP contribution in [-0.2, 0) is 5.33 Å². The Bertz CT molecular complexity index is 370. The average molecular weight is 304 g/mol. The van der Waals surface area contributed by atoms with Gasteiger partial charge in [0.2, 0.25) is 0 Å². The van der Waals surface area contributed by atoms with E-state index < -0.39 is 12.1 Å². The number of halogens is 5. The number of rotatable bonds is 2. The fourth-order valence-electron chi connectivity index (χ4n) is 0.955. The molecule has 1 aromatic carbocycles. The third kappa shape index (κ3) is 3.46. The van der Waals surface area contributed by atoms with E-state index >= 15 is 0 Å². The van der Waals surface area contributed by atoms with Crippen LogP contribution in [0, 0.1) is 0 Å². The summed E-state index contributed by atoms with van der Waals surface area (Å²) >= 11 is 8.66. The van der Waals surface area contributed by atoms with Gasteiger partial charge in [-0.15, -0.1) is 13.2 Å². The van der Waals surface area contributed by atoms with Crippen molar-refractivity contribution < 1.29 is 17.9 Å². The molecule has 0 radical (unpaired) electrons. The molecule has 1 rings (SSSR count). The summed E-state index contributed by atoms with van der Waals surface area (Å²) in [5.41, 5.74) is 6.02. The van der Waals surface area contributed by atoms with E-state index in [9.17, 15) is 13.2 Å². The van der Waals surface area contributed by atoms with E-state index in [1.165, 1.54) is 12.1 Å². The van der Waals surface area contributed by atoms with E-state index in [4.69, 9.17) is 17.3 Å². The van der Waals surface area contributed by atoms with E-state index in [2.05, 4.69) is 20.7 Å². The number of nitrogen functional groups attached to an aromatic ring is 1. The molecule has 0 saturated carbocycles. The molecule has 0 aliphatic heterocycles. The first-order valence-corrected chi connectivity index (χ1v) is 5.23. The van der Waals surface area contributed by atoms with Crippen LogP contribution < -0.4 is 10.5 Å². The molecule has 0 spiro atoms. The molecule has 0 aliphatic carbocycles. The summed E-state index contributed by atoms with van der Waals surface area (Å²) in [6.45, 7) is 0. The fraction of sp³-hybridized carbons (Fsp3) is 0.250. The van der Waals surface area contributed by atoms with Crippen LogP contribution in [0.5, 0.6) is 5.75 Å². The van der Waals surface area contributed by atoms with Crippen LogP contribution in [0.15, 0.2) is 12.1 Å². The average Bonchev–Trinajstić information content (AvgIpc) is 2.10. The smallest absolute Gasteiger partial charge is 0.404 e. The maximum absolute atomic E-state index is 12.0. The van der Waals surface area contributed by atoms with Crippen LogP contribution in [-0.4, -0.2) is 6.36 Å². The van der Waals surface area contributed by atoms with Gasteiger partial charge in [0, 0.05) is 5.33 Å². The largest absolute Gasteiger partial charge is 0.573 e. The van der Waals surface area contributed by atoms with Crippen molar-refractivity contribution in [1.29, 1.82) is 0 Å². The van der Waals surface area contributed by atoms with Crippen molar-refractivity contribution in [3.05, 3.63) is 22.7 Å². The zero-order valence-electron chi connectivity index (χ0n) is 7.24. The Morgan fingerprint density at radius 2 is 2.00 bits per heavy atom. The molecule has 0 heterocycles. The summed E-state index contributed by atoms with van der Waals surface area (Å²) < 4.78 is 39.6. The second kappa shape index (κ2) is 4.49. The van der Waals surface area contributed by atoms with Gasteiger partial charge in [0.1, 0.15) is 10.8 Å². The molecule has 0 unspecified atom stereocenters. The molecule has 7 heteroatoms. The van der Waals surface area contributed by atoms with Gasteiger partial charge in [-0.1, -0.05) is 27.5 Å². The number of alkyl halides is 4. The summed E-state index contributed by atoms with van der Waals surface area (Å²) in [4.78, 5) is 0. The maximum Gasteiger partial charge on any atom is 0.573 e. The van der Waals surface area contributed by atoms with Crippen LogP contribution in [0.25, 0.3) is 0 Å². The SMILES string of the molecule is Nc1cc(CBr)cc(OC(F)(F)F)c1Cl. The van der Waals surface area contributed by atoms with Gasteiger partial charge < -0.3 is 10.5 Å². The first-order valence-electron chi connectivity index (χ1n) is 3.73. The Hall–Kier alpha value is -0.620. The molecule has 0 aromatic heterocycles. The molecule has 84 valence electrons. The van der Waals surface area contributed by atoms with Crippen LogP contribution >= 0.6 is 27.5 Å². The van der Waals surface area contributed by atoms with Crippen molar-refractivity contribution in [2.24, 2.45) is 0 Å². The van der Waals surface area contributed by atoms with Crippen molar-refractivity contribution in [1.82, 2.24) is 0 Å². The fourth-order valence-corrected chi connectivity index (χ4v) is 1.43. The molecule has 1 aromatic rings. The number of benzene rings is 1.